The van der Waals surface area contributed by atoms with Crippen molar-refractivity contribution in [3.8, 4) is 23.0 Å². The summed E-state index contributed by atoms with van der Waals surface area (Å²) in [5, 5.41) is 3.04. The number of amides is 1. The second-order valence-corrected chi connectivity index (χ2v) is 8.74. The molecule has 1 heterocycles. The molecule has 0 fully saturated rings. The van der Waals surface area contributed by atoms with Crippen molar-refractivity contribution in [3.05, 3.63) is 95.8 Å². The van der Waals surface area contributed by atoms with Gasteiger partial charge < -0.3 is 24.3 Å². The number of nitrogens with zero attached hydrogens (tertiary/aromatic N) is 1. The first-order chi connectivity index (χ1) is 18.5. The minimum atomic E-state index is -0.155. The maximum Gasteiger partial charge on any atom is 0.244 e. The van der Waals surface area contributed by atoms with Crippen LogP contribution in [0.2, 0.25) is 0 Å². The number of benzene rings is 2. The molecule has 0 aliphatic carbocycles. The van der Waals surface area contributed by atoms with E-state index < -0.39 is 0 Å². The summed E-state index contributed by atoms with van der Waals surface area (Å²) in [5.74, 6) is 2.47. The van der Waals surface area contributed by atoms with Gasteiger partial charge in [0.25, 0.3) is 0 Å². The number of carbonyl (C=O) groups is 1. The Hall–Kier alpha value is -4.26. The molecule has 0 spiro atoms. The number of ether oxygens (including phenoxy) is 4. The fraction of sp³-hybridized carbons (Fsp3) is 0.290. The highest BCUT2D eigenvalue weighted by Crippen LogP contribution is 2.39. The van der Waals surface area contributed by atoms with Crippen molar-refractivity contribution in [1.82, 2.24) is 10.3 Å². The molecule has 0 radical (unpaired) electrons. The summed E-state index contributed by atoms with van der Waals surface area (Å²) < 4.78 is 22.1. The Kier molecular flexibility index (Phi) is 10.8. The van der Waals surface area contributed by atoms with Gasteiger partial charge in [-0.3, -0.25) is 9.78 Å². The number of hydrogen-bond donors (Lipinski definition) is 1. The maximum atomic E-state index is 12.6. The van der Waals surface area contributed by atoms with Gasteiger partial charge in [-0.2, -0.15) is 0 Å². The monoisotopic (exact) mass is 516 g/mol. The lowest BCUT2D eigenvalue weighted by Crippen LogP contribution is -2.31. The van der Waals surface area contributed by atoms with E-state index in [1.165, 1.54) is 11.6 Å². The molecule has 38 heavy (non-hydrogen) atoms. The molecule has 1 aromatic heterocycles. The topological polar surface area (TPSA) is 78.9 Å². The van der Waals surface area contributed by atoms with Gasteiger partial charge in [-0.05, 0) is 67.7 Å². The third kappa shape index (κ3) is 7.87. The Labute approximate surface area is 225 Å². The maximum absolute atomic E-state index is 12.6. The van der Waals surface area contributed by atoms with Gasteiger partial charge in [0.2, 0.25) is 5.91 Å². The molecule has 1 unspecified atom stereocenters. The second-order valence-electron chi connectivity index (χ2n) is 8.74. The molecule has 1 N–H and O–H groups in total. The molecule has 1 atom stereocenters. The highest BCUT2D eigenvalue weighted by molar-refractivity contribution is 5.90. The van der Waals surface area contributed by atoms with Gasteiger partial charge in [0.15, 0.2) is 0 Å². The highest BCUT2D eigenvalue weighted by atomic mass is 16.5. The predicted molar refractivity (Wildman–Crippen MR) is 150 cm³/mol. The number of nitrogens with one attached hydrogen (secondary N) is 1. The van der Waals surface area contributed by atoms with Gasteiger partial charge in [0.1, 0.15) is 23.0 Å². The minimum absolute atomic E-state index is 0.0515. The van der Waals surface area contributed by atoms with Crippen LogP contribution in [0.15, 0.2) is 79.2 Å². The predicted octanol–water partition coefficient (Wildman–Crippen LogP) is 5.63. The molecule has 1 amide bonds. The Bertz CT molecular complexity index is 1200. The van der Waals surface area contributed by atoms with Gasteiger partial charge in [-0.1, -0.05) is 18.2 Å². The zero-order valence-electron chi connectivity index (χ0n) is 22.7. The summed E-state index contributed by atoms with van der Waals surface area (Å²) in [7, 11) is 6.44. The Morgan fingerprint density at radius 2 is 1.55 bits per heavy atom. The summed E-state index contributed by atoms with van der Waals surface area (Å²) in [6.07, 6.45) is 11.6. The van der Waals surface area contributed by atoms with E-state index in [9.17, 15) is 4.79 Å². The Morgan fingerprint density at radius 1 is 0.921 bits per heavy atom. The van der Waals surface area contributed by atoms with Gasteiger partial charge in [-0.25, -0.2) is 0 Å². The smallest absolute Gasteiger partial charge is 0.244 e. The fourth-order valence-electron chi connectivity index (χ4n) is 4.12. The van der Waals surface area contributed by atoms with Crippen molar-refractivity contribution in [3.63, 3.8) is 0 Å². The number of allylic oxidation sites excluding steroid dienone is 2. The molecular formula is C31H36N2O5. The lowest BCUT2D eigenvalue weighted by Gasteiger charge is -2.17. The first-order valence-electron chi connectivity index (χ1n) is 12.5. The van der Waals surface area contributed by atoms with Crippen LogP contribution in [0.1, 0.15) is 36.5 Å². The van der Waals surface area contributed by atoms with E-state index in [2.05, 4.69) is 16.4 Å². The number of carbonyl (C=O) groups excluding carboxylic acids is 1. The summed E-state index contributed by atoms with van der Waals surface area (Å²) in [4.78, 5) is 16.8. The molecule has 200 valence electrons. The normalized spacial score (nSPS) is 11.5. The van der Waals surface area contributed by atoms with Crippen molar-refractivity contribution in [2.24, 2.45) is 0 Å². The molecule has 0 saturated heterocycles. The summed E-state index contributed by atoms with van der Waals surface area (Å²) in [6, 6.07) is 15.3. The lowest BCUT2D eigenvalue weighted by atomic mass is 9.95. The summed E-state index contributed by atoms with van der Waals surface area (Å²) >= 11 is 0. The van der Waals surface area contributed by atoms with E-state index in [1.807, 2.05) is 61.7 Å². The van der Waals surface area contributed by atoms with Crippen molar-refractivity contribution in [2.45, 2.75) is 32.2 Å². The molecule has 2 aromatic carbocycles. The average Bonchev–Trinajstić information content (AvgIpc) is 2.95. The van der Waals surface area contributed by atoms with Crippen molar-refractivity contribution >= 4 is 11.5 Å². The van der Waals surface area contributed by atoms with E-state index >= 15 is 0 Å². The quantitative estimate of drug-likeness (QED) is 0.234. The zero-order chi connectivity index (χ0) is 27.3. The van der Waals surface area contributed by atoms with Gasteiger partial charge in [0.05, 0.1) is 28.4 Å². The first kappa shape index (κ1) is 28.3. The third-order valence-electron chi connectivity index (χ3n) is 6.12. The standard InChI is InChI=1S/C31H36N2O5/c1-22(9-6-10-23-11-8-18-32-21-23)33-31(34)13-7-12-26(27-16-14-24(35-2)19-29(27)37-4)28-17-15-25(36-3)20-30(28)38-5/h7-8,11-22H,6,9-10H2,1-5H3,(H,33,34)/b13-7+. The summed E-state index contributed by atoms with van der Waals surface area (Å²) in [6.45, 7) is 2.01. The van der Waals surface area contributed by atoms with Crippen LogP contribution in [0, 0.1) is 0 Å². The van der Waals surface area contributed by atoms with Crippen LogP contribution in [0.5, 0.6) is 23.0 Å². The molecule has 0 bridgehead atoms. The Morgan fingerprint density at radius 3 is 2.08 bits per heavy atom. The molecule has 7 nitrogen and oxygen atoms in total. The second kappa shape index (κ2) is 14.5. The SMILES string of the molecule is COc1ccc(C(=C/C=C/C(=O)NC(C)CCCc2cccnc2)c2ccc(OC)cc2OC)c(OC)c1. The van der Waals surface area contributed by atoms with Gasteiger partial charge >= 0.3 is 0 Å². The third-order valence-corrected chi connectivity index (χ3v) is 6.12. The van der Waals surface area contributed by atoms with Crippen LogP contribution in [0.3, 0.4) is 0 Å². The summed E-state index contributed by atoms with van der Waals surface area (Å²) in [5.41, 5.74) is 3.67. The van der Waals surface area contributed by atoms with Crippen molar-refractivity contribution in [1.29, 1.82) is 0 Å². The van der Waals surface area contributed by atoms with Crippen LogP contribution in [0.4, 0.5) is 0 Å². The number of pyridine rings is 1. The lowest BCUT2D eigenvalue weighted by molar-refractivity contribution is -0.117. The minimum Gasteiger partial charge on any atom is -0.497 e. The van der Waals surface area contributed by atoms with E-state index in [-0.39, 0.29) is 11.9 Å². The van der Waals surface area contributed by atoms with Gasteiger partial charge in [-0.15, -0.1) is 0 Å². The average molecular weight is 517 g/mol. The highest BCUT2D eigenvalue weighted by Gasteiger charge is 2.16. The Balaban J connectivity index is 1.80. The molecule has 0 aliphatic rings. The van der Waals surface area contributed by atoms with E-state index in [1.54, 1.807) is 40.7 Å². The number of aryl methyl sites for hydroxylation is 1. The largest absolute Gasteiger partial charge is 0.497 e. The van der Waals surface area contributed by atoms with Gasteiger partial charge in [0, 0.05) is 47.8 Å². The van der Waals surface area contributed by atoms with Crippen LogP contribution >= 0.6 is 0 Å². The van der Waals surface area contributed by atoms with Crippen LogP contribution in [-0.2, 0) is 11.2 Å². The van der Waals surface area contributed by atoms with E-state index in [4.69, 9.17) is 18.9 Å². The first-order valence-corrected chi connectivity index (χ1v) is 12.5. The molecule has 0 saturated carbocycles. The molecule has 7 heteroatoms. The molecule has 0 aliphatic heterocycles. The zero-order valence-corrected chi connectivity index (χ0v) is 22.7. The van der Waals surface area contributed by atoms with Crippen molar-refractivity contribution < 1.29 is 23.7 Å². The molecule has 3 rings (SSSR count). The number of methoxy groups -OCH3 is 4. The van der Waals surface area contributed by atoms with Crippen molar-refractivity contribution in [2.75, 3.05) is 28.4 Å². The van der Waals surface area contributed by atoms with Crippen LogP contribution in [0.25, 0.3) is 5.57 Å². The number of hydrogen-bond acceptors (Lipinski definition) is 6. The number of rotatable bonds is 13. The van der Waals surface area contributed by atoms with E-state index in [0.717, 1.165) is 36.0 Å². The molecular weight excluding hydrogens is 480 g/mol. The number of aromatic nitrogens is 1. The molecule has 3 aromatic rings. The van der Waals surface area contributed by atoms with Crippen LogP contribution < -0.4 is 24.3 Å². The fourth-order valence-corrected chi connectivity index (χ4v) is 4.12. The van der Waals surface area contributed by atoms with Crippen LogP contribution in [-0.4, -0.2) is 45.4 Å². The van der Waals surface area contributed by atoms with E-state index in [0.29, 0.717) is 23.0 Å².